The molecule has 2 aromatic rings. The summed E-state index contributed by atoms with van der Waals surface area (Å²) in [4.78, 5) is 4.27. The summed E-state index contributed by atoms with van der Waals surface area (Å²) in [5.41, 5.74) is 2.05. The van der Waals surface area contributed by atoms with Crippen molar-refractivity contribution in [3.05, 3.63) is 29.0 Å². The lowest BCUT2D eigenvalue weighted by molar-refractivity contribution is 0.550. The molecule has 0 aliphatic rings. The van der Waals surface area contributed by atoms with Gasteiger partial charge in [-0.15, -0.1) is 10.2 Å². The molecule has 0 atom stereocenters. The lowest BCUT2D eigenvalue weighted by Gasteiger charge is -2.03. The molecule has 0 spiro atoms. The van der Waals surface area contributed by atoms with Crippen LogP contribution in [0.25, 0.3) is 10.6 Å². The molecule has 0 aromatic carbocycles. The van der Waals surface area contributed by atoms with E-state index >= 15 is 0 Å². The number of hydrogen-bond donors (Lipinski definition) is 1. The summed E-state index contributed by atoms with van der Waals surface area (Å²) in [6.07, 6.45) is 1.85. The van der Waals surface area contributed by atoms with Crippen LogP contribution in [0, 0.1) is 12.8 Å². The van der Waals surface area contributed by atoms with Gasteiger partial charge in [-0.25, -0.2) is 0 Å². The van der Waals surface area contributed by atoms with Crippen molar-refractivity contribution in [3.8, 4) is 10.6 Å². The lowest BCUT2D eigenvalue weighted by Crippen LogP contribution is -2.18. The van der Waals surface area contributed by atoms with E-state index in [1.807, 2.05) is 25.3 Å². The predicted molar refractivity (Wildman–Crippen MR) is 74.4 cm³/mol. The Balaban J connectivity index is 1.99. The molecule has 0 radical (unpaired) electrons. The van der Waals surface area contributed by atoms with Gasteiger partial charge in [0.2, 0.25) is 0 Å². The highest BCUT2D eigenvalue weighted by Crippen LogP contribution is 2.22. The standard InChI is InChI=1S/C13H18N4S/c1-9(2)6-14-8-12-16-17-13(18-12)11-5-4-10(3)15-7-11/h4-5,7,9,14H,6,8H2,1-3H3. The average molecular weight is 262 g/mol. The molecule has 18 heavy (non-hydrogen) atoms. The highest BCUT2D eigenvalue weighted by atomic mass is 32.1. The van der Waals surface area contributed by atoms with E-state index in [4.69, 9.17) is 0 Å². The van der Waals surface area contributed by atoms with Gasteiger partial charge in [-0.1, -0.05) is 25.2 Å². The second kappa shape index (κ2) is 6.02. The van der Waals surface area contributed by atoms with Crippen LogP contribution >= 0.6 is 11.3 Å². The first kappa shape index (κ1) is 13.1. The summed E-state index contributed by atoms with van der Waals surface area (Å²) in [7, 11) is 0. The second-order valence-electron chi connectivity index (χ2n) is 4.71. The molecule has 0 fully saturated rings. The molecular weight excluding hydrogens is 244 g/mol. The Bertz CT molecular complexity index is 490. The van der Waals surface area contributed by atoms with Crippen LogP contribution in [-0.2, 0) is 6.54 Å². The van der Waals surface area contributed by atoms with Gasteiger partial charge in [0.25, 0.3) is 0 Å². The normalized spacial score (nSPS) is 11.1. The van der Waals surface area contributed by atoms with Crippen molar-refractivity contribution < 1.29 is 0 Å². The third-order valence-corrected chi connectivity index (χ3v) is 3.43. The van der Waals surface area contributed by atoms with Crippen LogP contribution in [0.1, 0.15) is 24.5 Å². The van der Waals surface area contributed by atoms with E-state index < -0.39 is 0 Å². The molecule has 0 aliphatic heterocycles. The smallest absolute Gasteiger partial charge is 0.149 e. The molecule has 96 valence electrons. The average Bonchev–Trinajstić information content (AvgIpc) is 2.78. The van der Waals surface area contributed by atoms with Crippen LogP contribution in [0.15, 0.2) is 18.3 Å². The van der Waals surface area contributed by atoms with Gasteiger partial charge in [0.15, 0.2) is 0 Å². The summed E-state index contributed by atoms with van der Waals surface area (Å²) >= 11 is 1.62. The van der Waals surface area contributed by atoms with Crippen LogP contribution in [0.2, 0.25) is 0 Å². The first-order chi connectivity index (χ1) is 8.65. The molecule has 4 nitrogen and oxygen atoms in total. The quantitative estimate of drug-likeness (QED) is 0.900. The van der Waals surface area contributed by atoms with E-state index in [-0.39, 0.29) is 0 Å². The highest BCUT2D eigenvalue weighted by molar-refractivity contribution is 7.14. The minimum Gasteiger partial charge on any atom is -0.310 e. The number of hydrogen-bond acceptors (Lipinski definition) is 5. The van der Waals surface area contributed by atoms with Crippen molar-refractivity contribution in [3.63, 3.8) is 0 Å². The van der Waals surface area contributed by atoms with Crippen LogP contribution in [0.5, 0.6) is 0 Å². The van der Waals surface area contributed by atoms with Crippen molar-refractivity contribution in [2.45, 2.75) is 27.3 Å². The van der Waals surface area contributed by atoms with Crippen LogP contribution in [0.3, 0.4) is 0 Å². The van der Waals surface area contributed by atoms with Gasteiger partial charge in [0.05, 0.1) is 0 Å². The number of aromatic nitrogens is 3. The minimum absolute atomic E-state index is 0.652. The first-order valence-electron chi connectivity index (χ1n) is 6.11. The van der Waals surface area contributed by atoms with Crippen LogP contribution < -0.4 is 5.32 Å². The van der Waals surface area contributed by atoms with Gasteiger partial charge in [0.1, 0.15) is 10.0 Å². The molecule has 0 amide bonds. The van der Waals surface area contributed by atoms with Gasteiger partial charge >= 0.3 is 0 Å². The molecule has 2 aromatic heterocycles. The maximum Gasteiger partial charge on any atom is 0.149 e. The van der Waals surface area contributed by atoms with Crippen LogP contribution in [-0.4, -0.2) is 21.7 Å². The molecule has 1 N–H and O–H groups in total. The summed E-state index contributed by atoms with van der Waals surface area (Å²) < 4.78 is 0. The third kappa shape index (κ3) is 3.58. The number of nitrogens with zero attached hydrogens (tertiary/aromatic N) is 3. The van der Waals surface area contributed by atoms with Gasteiger partial charge in [-0.05, 0) is 31.5 Å². The SMILES string of the molecule is Cc1ccc(-c2nnc(CNCC(C)C)s2)cn1. The Hall–Kier alpha value is -1.33. The molecule has 0 aliphatic carbocycles. The molecule has 2 heterocycles. The Kier molecular flexibility index (Phi) is 4.38. The van der Waals surface area contributed by atoms with Crippen molar-refractivity contribution in [2.24, 2.45) is 5.92 Å². The van der Waals surface area contributed by atoms with E-state index in [0.717, 1.165) is 34.4 Å². The van der Waals surface area contributed by atoms with Gasteiger partial charge in [-0.2, -0.15) is 0 Å². The Morgan fingerprint density at radius 3 is 2.78 bits per heavy atom. The van der Waals surface area contributed by atoms with Gasteiger partial charge in [-0.3, -0.25) is 4.98 Å². The van der Waals surface area contributed by atoms with E-state index in [2.05, 4.69) is 34.3 Å². The van der Waals surface area contributed by atoms with Gasteiger partial charge < -0.3 is 5.32 Å². The maximum atomic E-state index is 4.27. The number of nitrogens with one attached hydrogen (secondary N) is 1. The van der Waals surface area contributed by atoms with Crippen molar-refractivity contribution in [2.75, 3.05) is 6.54 Å². The summed E-state index contributed by atoms with van der Waals surface area (Å²) in [6, 6.07) is 4.03. The molecule has 0 saturated carbocycles. The van der Waals surface area contributed by atoms with Crippen LogP contribution in [0.4, 0.5) is 0 Å². The zero-order chi connectivity index (χ0) is 13.0. The van der Waals surface area contributed by atoms with E-state index in [0.29, 0.717) is 5.92 Å². The molecule has 0 saturated heterocycles. The number of pyridine rings is 1. The summed E-state index contributed by atoms with van der Waals surface area (Å²) in [5.74, 6) is 0.652. The summed E-state index contributed by atoms with van der Waals surface area (Å²) in [5, 5.41) is 13.7. The summed E-state index contributed by atoms with van der Waals surface area (Å²) in [6.45, 7) is 8.15. The Labute approximate surface area is 111 Å². The van der Waals surface area contributed by atoms with Gasteiger partial charge in [0, 0.05) is 24.0 Å². The fourth-order valence-corrected chi connectivity index (χ4v) is 2.30. The largest absolute Gasteiger partial charge is 0.310 e. The predicted octanol–water partition coefficient (Wildman–Crippen LogP) is 2.65. The van der Waals surface area contributed by atoms with Crippen molar-refractivity contribution in [1.82, 2.24) is 20.5 Å². The molecule has 5 heteroatoms. The number of rotatable bonds is 5. The number of aryl methyl sites for hydroxylation is 1. The van der Waals surface area contributed by atoms with Crippen molar-refractivity contribution in [1.29, 1.82) is 0 Å². The highest BCUT2D eigenvalue weighted by Gasteiger charge is 2.06. The zero-order valence-electron chi connectivity index (χ0n) is 11.0. The molecule has 2 rings (SSSR count). The second-order valence-corrected chi connectivity index (χ2v) is 5.78. The van der Waals surface area contributed by atoms with Crippen molar-refractivity contribution >= 4 is 11.3 Å². The molecule has 0 unspecified atom stereocenters. The topological polar surface area (TPSA) is 50.7 Å². The van der Waals surface area contributed by atoms with E-state index in [1.165, 1.54) is 0 Å². The molecular formula is C13H18N4S. The first-order valence-corrected chi connectivity index (χ1v) is 6.93. The van der Waals surface area contributed by atoms with E-state index in [1.54, 1.807) is 11.3 Å². The fraction of sp³-hybridized carbons (Fsp3) is 0.462. The Morgan fingerprint density at radius 1 is 1.28 bits per heavy atom. The van der Waals surface area contributed by atoms with E-state index in [9.17, 15) is 0 Å². The molecule has 0 bridgehead atoms. The monoisotopic (exact) mass is 262 g/mol. The minimum atomic E-state index is 0.652. The maximum absolute atomic E-state index is 4.27. The zero-order valence-corrected chi connectivity index (χ0v) is 11.8. The fourth-order valence-electron chi connectivity index (χ4n) is 1.50. The lowest BCUT2D eigenvalue weighted by atomic mass is 10.2. The third-order valence-electron chi connectivity index (χ3n) is 2.45. The Morgan fingerprint density at radius 2 is 2.11 bits per heavy atom.